The third kappa shape index (κ3) is 2.35. The second-order valence-electron chi connectivity index (χ2n) is 4.42. The molecule has 0 spiro atoms. The Labute approximate surface area is 96.5 Å². The first-order chi connectivity index (χ1) is 7.66. The lowest BCUT2D eigenvalue weighted by molar-refractivity contribution is -0.119. The van der Waals surface area contributed by atoms with Crippen molar-refractivity contribution in [2.75, 3.05) is 24.5 Å². The average molecular weight is 218 g/mol. The minimum Gasteiger partial charge on any atom is -0.362 e. The van der Waals surface area contributed by atoms with Crippen molar-refractivity contribution in [3.8, 4) is 0 Å². The van der Waals surface area contributed by atoms with E-state index in [2.05, 4.69) is 42.3 Å². The molecule has 1 aromatic rings. The molecule has 1 saturated heterocycles. The van der Waals surface area contributed by atoms with E-state index in [-0.39, 0.29) is 5.91 Å². The summed E-state index contributed by atoms with van der Waals surface area (Å²) in [7, 11) is 0. The molecule has 2 rings (SSSR count). The van der Waals surface area contributed by atoms with E-state index in [0.717, 1.165) is 19.5 Å². The summed E-state index contributed by atoms with van der Waals surface area (Å²) in [6.45, 7) is 6.39. The highest BCUT2D eigenvalue weighted by Crippen LogP contribution is 2.22. The zero-order valence-electron chi connectivity index (χ0n) is 9.92. The number of amides is 1. The van der Waals surface area contributed by atoms with Gasteiger partial charge in [-0.3, -0.25) is 4.79 Å². The van der Waals surface area contributed by atoms with Crippen LogP contribution in [0.25, 0.3) is 0 Å². The van der Waals surface area contributed by atoms with Gasteiger partial charge in [-0.15, -0.1) is 0 Å². The molecule has 3 heteroatoms. The van der Waals surface area contributed by atoms with Gasteiger partial charge in [0.1, 0.15) is 0 Å². The molecule has 1 amide bonds. The number of hydrogen-bond donors (Lipinski definition) is 1. The molecule has 16 heavy (non-hydrogen) atoms. The van der Waals surface area contributed by atoms with Gasteiger partial charge < -0.3 is 10.2 Å². The maximum atomic E-state index is 11.5. The highest BCUT2D eigenvalue weighted by Gasteiger charge is 2.16. The van der Waals surface area contributed by atoms with Crippen molar-refractivity contribution in [3.63, 3.8) is 0 Å². The quantitative estimate of drug-likeness (QED) is 0.777. The average Bonchev–Trinajstić information content (AvgIpc) is 2.46. The van der Waals surface area contributed by atoms with Crippen molar-refractivity contribution >= 4 is 11.6 Å². The summed E-state index contributed by atoms with van der Waals surface area (Å²) in [6.07, 6.45) is 1.01. The van der Waals surface area contributed by atoms with Crippen LogP contribution in [0, 0.1) is 13.8 Å². The molecule has 1 fully saturated rings. The first-order valence-electron chi connectivity index (χ1n) is 5.76. The van der Waals surface area contributed by atoms with E-state index in [4.69, 9.17) is 0 Å². The third-order valence-electron chi connectivity index (χ3n) is 2.97. The maximum absolute atomic E-state index is 11.5. The molecule has 3 nitrogen and oxygen atoms in total. The highest BCUT2D eigenvalue weighted by molar-refractivity contribution is 5.82. The van der Waals surface area contributed by atoms with Gasteiger partial charge in [0.05, 0.1) is 6.54 Å². The Morgan fingerprint density at radius 1 is 1.31 bits per heavy atom. The van der Waals surface area contributed by atoms with Gasteiger partial charge in [0.25, 0.3) is 0 Å². The largest absolute Gasteiger partial charge is 0.362 e. The van der Waals surface area contributed by atoms with Gasteiger partial charge in [-0.25, -0.2) is 0 Å². The molecule has 0 atom stereocenters. The first-order valence-corrected chi connectivity index (χ1v) is 5.76. The second kappa shape index (κ2) is 4.56. The molecule has 1 aliphatic heterocycles. The van der Waals surface area contributed by atoms with Gasteiger partial charge in [0.15, 0.2) is 0 Å². The van der Waals surface area contributed by atoms with Crippen molar-refractivity contribution < 1.29 is 4.79 Å². The summed E-state index contributed by atoms with van der Waals surface area (Å²) < 4.78 is 0. The van der Waals surface area contributed by atoms with E-state index in [0.29, 0.717) is 6.54 Å². The van der Waals surface area contributed by atoms with Crippen LogP contribution in [0.4, 0.5) is 5.69 Å². The summed E-state index contributed by atoms with van der Waals surface area (Å²) in [6, 6.07) is 6.39. The molecular formula is C13H18N2O. The monoisotopic (exact) mass is 218 g/mol. The molecule has 0 bridgehead atoms. The molecule has 0 aliphatic carbocycles. The zero-order valence-corrected chi connectivity index (χ0v) is 9.92. The number of rotatable bonds is 1. The van der Waals surface area contributed by atoms with Crippen LogP contribution < -0.4 is 10.2 Å². The van der Waals surface area contributed by atoms with E-state index >= 15 is 0 Å². The Morgan fingerprint density at radius 2 is 2.12 bits per heavy atom. The predicted molar refractivity (Wildman–Crippen MR) is 65.8 cm³/mol. The van der Waals surface area contributed by atoms with Crippen LogP contribution >= 0.6 is 0 Å². The second-order valence-corrected chi connectivity index (χ2v) is 4.42. The number of benzene rings is 1. The van der Waals surface area contributed by atoms with Crippen LogP contribution in [-0.4, -0.2) is 25.5 Å². The van der Waals surface area contributed by atoms with Crippen LogP contribution in [0.2, 0.25) is 0 Å². The number of hydrogen-bond acceptors (Lipinski definition) is 2. The number of nitrogens with one attached hydrogen (secondary N) is 1. The van der Waals surface area contributed by atoms with Crippen molar-refractivity contribution in [1.29, 1.82) is 0 Å². The molecule has 1 aliphatic rings. The Bertz CT molecular complexity index is 401. The Kier molecular flexibility index (Phi) is 3.13. The lowest BCUT2D eigenvalue weighted by Gasteiger charge is -2.23. The van der Waals surface area contributed by atoms with E-state index in [9.17, 15) is 4.79 Å². The van der Waals surface area contributed by atoms with Crippen LogP contribution in [0.5, 0.6) is 0 Å². The molecule has 0 radical (unpaired) electrons. The maximum Gasteiger partial charge on any atom is 0.239 e. The molecule has 0 saturated carbocycles. The lowest BCUT2D eigenvalue weighted by Crippen LogP contribution is -2.33. The van der Waals surface area contributed by atoms with Crippen LogP contribution in [0.15, 0.2) is 18.2 Å². The van der Waals surface area contributed by atoms with Crippen molar-refractivity contribution in [2.24, 2.45) is 0 Å². The van der Waals surface area contributed by atoms with Crippen molar-refractivity contribution in [1.82, 2.24) is 5.32 Å². The van der Waals surface area contributed by atoms with Gasteiger partial charge in [-0.1, -0.05) is 12.1 Å². The molecule has 0 unspecified atom stereocenters. The van der Waals surface area contributed by atoms with E-state index in [1.165, 1.54) is 16.8 Å². The van der Waals surface area contributed by atoms with Crippen molar-refractivity contribution in [2.45, 2.75) is 20.3 Å². The molecule has 1 aromatic carbocycles. The summed E-state index contributed by atoms with van der Waals surface area (Å²) in [5, 5.41) is 2.90. The third-order valence-corrected chi connectivity index (χ3v) is 2.97. The summed E-state index contributed by atoms with van der Waals surface area (Å²) >= 11 is 0. The first kappa shape index (κ1) is 11.0. The summed E-state index contributed by atoms with van der Waals surface area (Å²) in [4.78, 5) is 13.7. The SMILES string of the molecule is Cc1ccc(C)c(N2CCCNC(=O)C2)c1. The number of carbonyl (C=O) groups is 1. The summed E-state index contributed by atoms with van der Waals surface area (Å²) in [5.74, 6) is 0.124. The lowest BCUT2D eigenvalue weighted by atomic mass is 10.1. The Hall–Kier alpha value is -1.51. The zero-order chi connectivity index (χ0) is 11.5. The molecule has 0 aromatic heterocycles. The van der Waals surface area contributed by atoms with Gasteiger partial charge in [0.2, 0.25) is 5.91 Å². The standard InChI is InChI=1S/C13H18N2O/c1-10-4-5-11(2)12(8-10)15-7-3-6-14-13(16)9-15/h4-5,8H,3,6-7,9H2,1-2H3,(H,14,16). The fourth-order valence-corrected chi connectivity index (χ4v) is 2.07. The summed E-state index contributed by atoms with van der Waals surface area (Å²) in [5.41, 5.74) is 3.67. The number of aryl methyl sites for hydroxylation is 2. The Morgan fingerprint density at radius 3 is 2.94 bits per heavy atom. The van der Waals surface area contributed by atoms with Crippen LogP contribution in [0.1, 0.15) is 17.5 Å². The smallest absolute Gasteiger partial charge is 0.239 e. The predicted octanol–water partition coefficient (Wildman–Crippen LogP) is 1.63. The number of nitrogens with zero attached hydrogens (tertiary/aromatic N) is 1. The van der Waals surface area contributed by atoms with Gasteiger partial charge in [-0.05, 0) is 37.5 Å². The van der Waals surface area contributed by atoms with Crippen LogP contribution in [0.3, 0.4) is 0 Å². The highest BCUT2D eigenvalue weighted by atomic mass is 16.2. The van der Waals surface area contributed by atoms with Gasteiger partial charge >= 0.3 is 0 Å². The van der Waals surface area contributed by atoms with Crippen LogP contribution in [-0.2, 0) is 4.79 Å². The van der Waals surface area contributed by atoms with Gasteiger partial charge in [-0.2, -0.15) is 0 Å². The van der Waals surface area contributed by atoms with E-state index in [1.54, 1.807) is 0 Å². The fourth-order valence-electron chi connectivity index (χ4n) is 2.07. The van der Waals surface area contributed by atoms with Crippen molar-refractivity contribution in [3.05, 3.63) is 29.3 Å². The van der Waals surface area contributed by atoms with Gasteiger partial charge in [0, 0.05) is 18.8 Å². The molecule has 86 valence electrons. The molecule has 1 N–H and O–H groups in total. The van der Waals surface area contributed by atoms with E-state index < -0.39 is 0 Å². The topological polar surface area (TPSA) is 32.3 Å². The molecular weight excluding hydrogens is 200 g/mol. The normalized spacial score (nSPS) is 16.9. The molecule has 1 heterocycles. The minimum absolute atomic E-state index is 0.124. The minimum atomic E-state index is 0.124. The number of carbonyl (C=O) groups excluding carboxylic acids is 1. The number of anilines is 1. The fraction of sp³-hybridized carbons (Fsp3) is 0.462. The Balaban J connectivity index is 2.27. The van der Waals surface area contributed by atoms with E-state index in [1.807, 2.05) is 0 Å².